The van der Waals surface area contributed by atoms with Crippen molar-refractivity contribution in [3.05, 3.63) is 55.8 Å². The first-order valence-corrected chi connectivity index (χ1v) is 6.12. The van der Waals surface area contributed by atoms with Crippen LogP contribution in [0.3, 0.4) is 0 Å². The van der Waals surface area contributed by atoms with Gasteiger partial charge in [0, 0.05) is 20.1 Å². The Hall–Kier alpha value is -0.680. The van der Waals surface area contributed by atoms with Gasteiger partial charge in [-0.25, -0.2) is 0 Å². The molecule has 0 spiro atoms. The molecule has 0 aliphatic carbocycles. The van der Waals surface area contributed by atoms with Crippen molar-refractivity contribution in [2.24, 2.45) is 0 Å². The molecule has 2 aromatic rings. The molecular formula is C11H7IOS. The Kier molecular flexibility index (Phi) is 2.98. The third-order valence-electron chi connectivity index (χ3n) is 1.89. The molecule has 0 saturated carbocycles. The summed E-state index contributed by atoms with van der Waals surface area (Å²) in [6.07, 6.45) is 0. The molecular weight excluding hydrogens is 307 g/mol. The SMILES string of the molecule is O=C(c1ccc(I)cc1)c1ccsc1. The Labute approximate surface area is 99.9 Å². The Bertz CT molecular complexity index is 431. The van der Waals surface area contributed by atoms with Crippen molar-refractivity contribution in [1.82, 2.24) is 0 Å². The fourth-order valence-electron chi connectivity index (χ4n) is 1.16. The van der Waals surface area contributed by atoms with Crippen molar-refractivity contribution >= 4 is 39.7 Å². The van der Waals surface area contributed by atoms with Gasteiger partial charge in [0.05, 0.1) is 0 Å². The summed E-state index contributed by atoms with van der Waals surface area (Å²) in [4.78, 5) is 11.8. The van der Waals surface area contributed by atoms with Crippen molar-refractivity contribution in [2.75, 3.05) is 0 Å². The number of hydrogen-bond donors (Lipinski definition) is 0. The molecule has 0 N–H and O–H groups in total. The number of hydrogen-bond acceptors (Lipinski definition) is 2. The zero-order chi connectivity index (χ0) is 9.97. The van der Waals surface area contributed by atoms with Gasteiger partial charge in [-0.15, -0.1) is 0 Å². The number of ketones is 1. The number of carbonyl (C=O) groups is 1. The lowest BCUT2D eigenvalue weighted by Crippen LogP contribution is -1.98. The highest BCUT2D eigenvalue weighted by molar-refractivity contribution is 14.1. The van der Waals surface area contributed by atoms with E-state index in [2.05, 4.69) is 22.6 Å². The molecule has 0 bridgehead atoms. The lowest BCUT2D eigenvalue weighted by Gasteiger charge is -1.97. The van der Waals surface area contributed by atoms with E-state index < -0.39 is 0 Å². The van der Waals surface area contributed by atoms with Crippen LogP contribution < -0.4 is 0 Å². The first-order valence-electron chi connectivity index (χ1n) is 4.10. The quantitative estimate of drug-likeness (QED) is 0.612. The van der Waals surface area contributed by atoms with E-state index in [1.165, 1.54) is 0 Å². The van der Waals surface area contributed by atoms with Crippen molar-refractivity contribution < 1.29 is 4.79 Å². The van der Waals surface area contributed by atoms with Gasteiger partial charge in [-0.3, -0.25) is 4.79 Å². The highest BCUT2D eigenvalue weighted by Gasteiger charge is 2.08. The predicted octanol–water partition coefficient (Wildman–Crippen LogP) is 3.58. The van der Waals surface area contributed by atoms with E-state index >= 15 is 0 Å². The number of halogens is 1. The first kappa shape index (κ1) is 9.86. The summed E-state index contributed by atoms with van der Waals surface area (Å²) in [5.74, 6) is 0.0997. The van der Waals surface area contributed by atoms with Gasteiger partial charge in [-0.2, -0.15) is 11.3 Å². The van der Waals surface area contributed by atoms with Gasteiger partial charge in [0.25, 0.3) is 0 Å². The van der Waals surface area contributed by atoms with Gasteiger partial charge < -0.3 is 0 Å². The zero-order valence-electron chi connectivity index (χ0n) is 7.24. The molecule has 0 atom stereocenters. The van der Waals surface area contributed by atoms with Gasteiger partial charge in [-0.05, 0) is 58.3 Å². The summed E-state index contributed by atoms with van der Waals surface area (Å²) in [5.41, 5.74) is 1.53. The Morgan fingerprint density at radius 2 is 1.79 bits per heavy atom. The minimum atomic E-state index is 0.0997. The predicted molar refractivity (Wildman–Crippen MR) is 66.9 cm³/mol. The third-order valence-corrected chi connectivity index (χ3v) is 3.29. The molecule has 0 aliphatic heterocycles. The van der Waals surface area contributed by atoms with E-state index in [9.17, 15) is 4.79 Å². The second-order valence-electron chi connectivity index (χ2n) is 2.85. The molecule has 0 amide bonds. The molecule has 0 fully saturated rings. The van der Waals surface area contributed by atoms with Gasteiger partial charge >= 0.3 is 0 Å². The average Bonchev–Trinajstić information content (AvgIpc) is 2.71. The van der Waals surface area contributed by atoms with Gasteiger partial charge in [-0.1, -0.05) is 0 Å². The summed E-state index contributed by atoms with van der Waals surface area (Å²) in [6.45, 7) is 0. The van der Waals surface area contributed by atoms with Crippen LogP contribution in [-0.2, 0) is 0 Å². The molecule has 3 heteroatoms. The standard InChI is InChI=1S/C11H7IOS/c12-10-3-1-8(2-4-10)11(13)9-5-6-14-7-9/h1-7H. The topological polar surface area (TPSA) is 17.1 Å². The van der Waals surface area contributed by atoms with Crippen LogP contribution >= 0.6 is 33.9 Å². The highest BCUT2D eigenvalue weighted by Crippen LogP contribution is 2.14. The van der Waals surface area contributed by atoms with Crippen LogP contribution in [0, 0.1) is 3.57 Å². The third kappa shape index (κ3) is 2.04. The maximum absolute atomic E-state index is 11.8. The molecule has 0 aliphatic rings. The van der Waals surface area contributed by atoms with Crippen LogP contribution in [0.2, 0.25) is 0 Å². The van der Waals surface area contributed by atoms with Crippen molar-refractivity contribution in [3.63, 3.8) is 0 Å². The molecule has 0 unspecified atom stereocenters. The number of thiophene rings is 1. The average molecular weight is 314 g/mol. The van der Waals surface area contributed by atoms with Crippen molar-refractivity contribution in [2.45, 2.75) is 0 Å². The Morgan fingerprint density at radius 3 is 2.36 bits per heavy atom. The van der Waals surface area contributed by atoms with Crippen LogP contribution in [-0.4, -0.2) is 5.78 Å². The van der Waals surface area contributed by atoms with Gasteiger partial charge in [0.1, 0.15) is 0 Å². The molecule has 1 aromatic carbocycles. The summed E-state index contributed by atoms with van der Waals surface area (Å²) in [5, 5.41) is 3.79. The second kappa shape index (κ2) is 4.23. The highest BCUT2D eigenvalue weighted by atomic mass is 127. The number of carbonyl (C=O) groups excluding carboxylic acids is 1. The van der Waals surface area contributed by atoms with Gasteiger partial charge in [0.15, 0.2) is 5.78 Å². The van der Waals surface area contributed by atoms with Crippen LogP contribution in [0.1, 0.15) is 15.9 Å². The number of benzene rings is 1. The zero-order valence-corrected chi connectivity index (χ0v) is 10.2. The summed E-state index contributed by atoms with van der Waals surface area (Å²) < 4.78 is 1.14. The van der Waals surface area contributed by atoms with Gasteiger partial charge in [0.2, 0.25) is 0 Å². The van der Waals surface area contributed by atoms with E-state index in [-0.39, 0.29) is 5.78 Å². The molecule has 1 nitrogen and oxygen atoms in total. The molecule has 0 saturated heterocycles. The monoisotopic (exact) mass is 314 g/mol. The smallest absolute Gasteiger partial charge is 0.193 e. The molecule has 2 rings (SSSR count). The maximum Gasteiger partial charge on any atom is 0.193 e. The minimum absolute atomic E-state index is 0.0997. The summed E-state index contributed by atoms with van der Waals surface area (Å²) >= 11 is 3.77. The Morgan fingerprint density at radius 1 is 1.07 bits per heavy atom. The Balaban J connectivity index is 2.33. The molecule has 14 heavy (non-hydrogen) atoms. The lowest BCUT2D eigenvalue weighted by atomic mass is 10.1. The lowest BCUT2D eigenvalue weighted by molar-refractivity contribution is 0.103. The molecule has 1 aromatic heterocycles. The van der Waals surface area contributed by atoms with Crippen molar-refractivity contribution in [1.29, 1.82) is 0 Å². The first-order chi connectivity index (χ1) is 6.77. The normalized spacial score (nSPS) is 10.1. The molecule has 1 heterocycles. The molecule has 70 valence electrons. The minimum Gasteiger partial charge on any atom is -0.289 e. The van der Waals surface area contributed by atoms with Crippen LogP contribution in [0.15, 0.2) is 41.1 Å². The van der Waals surface area contributed by atoms with Crippen LogP contribution in [0.4, 0.5) is 0 Å². The van der Waals surface area contributed by atoms with E-state index in [1.807, 2.05) is 41.1 Å². The fraction of sp³-hybridized carbons (Fsp3) is 0. The van der Waals surface area contributed by atoms with Crippen LogP contribution in [0.5, 0.6) is 0 Å². The second-order valence-corrected chi connectivity index (χ2v) is 4.87. The van der Waals surface area contributed by atoms with E-state index in [1.54, 1.807) is 11.3 Å². The van der Waals surface area contributed by atoms with Crippen molar-refractivity contribution in [3.8, 4) is 0 Å². The fourth-order valence-corrected chi connectivity index (χ4v) is 2.16. The van der Waals surface area contributed by atoms with Crippen LogP contribution in [0.25, 0.3) is 0 Å². The van der Waals surface area contributed by atoms with E-state index in [0.29, 0.717) is 0 Å². The summed E-state index contributed by atoms with van der Waals surface area (Å²) in [7, 11) is 0. The largest absolute Gasteiger partial charge is 0.289 e. The summed E-state index contributed by atoms with van der Waals surface area (Å²) in [6, 6.07) is 9.47. The maximum atomic E-state index is 11.8. The molecule has 0 radical (unpaired) electrons. The van der Waals surface area contributed by atoms with E-state index in [0.717, 1.165) is 14.7 Å². The number of rotatable bonds is 2. The van der Waals surface area contributed by atoms with E-state index in [4.69, 9.17) is 0 Å².